The van der Waals surface area contributed by atoms with E-state index in [9.17, 15) is 0 Å². The number of hydrogen-bond donors (Lipinski definition) is 0. The van der Waals surface area contributed by atoms with E-state index in [1.165, 1.54) is 101 Å². The zero-order valence-corrected chi connectivity index (χ0v) is 47.1. The zero-order chi connectivity index (χ0) is 46.8. The molecule has 6 aromatic rings. The Balaban J connectivity index is 0.000000293. The van der Waals surface area contributed by atoms with Gasteiger partial charge in [-0.3, -0.25) is 0 Å². The second kappa shape index (κ2) is 23.3. The molecule has 0 aromatic heterocycles. The van der Waals surface area contributed by atoms with Crippen LogP contribution in [-0.2, 0) is 68.2 Å². The predicted octanol–water partition coefficient (Wildman–Crippen LogP) is 18.8. The van der Waals surface area contributed by atoms with Crippen LogP contribution in [0.15, 0.2) is 84.9 Å². The molecule has 0 spiro atoms. The van der Waals surface area contributed by atoms with Gasteiger partial charge in [-0.05, 0) is 80.7 Å². The molecule has 0 aliphatic carbocycles. The molecule has 0 bridgehead atoms. The molecule has 4 heteroatoms. The molecule has 0 N–H and O–H groups in total. The summed E-state index contributed by atoms with van der Waals surface area (Å²) in [5, 5.41) is 5.61. The van der Waals surface area contributed by atoms with Crippen molar-refractivity contribution in [2.24, 2.45) is 0 Å². The van der Waals surface area contributed by atoms with Crippen molar-refractivity contribution >= 4 is 48.1 Å². The van der Waals surface area contributed by atoms with E-state index in [1.54, 1.807) is 0 Å². The number of hydrogen-bond acceptors (Lipinski definition) is 0. The first-order chi connectivity index (χ1) is 28.9. The Bertz CT molecular complexity index is 2090. The molecule has 0 saturated carbocycles. The molecule has 0 heterocycles. The maximum atomic E-state index is 4.93. The van der Waals surface area contributed by atoms with Crippen LogP contribution in [0.2, 0.25) is 13.1 Å². The Labute approximate surface area is 401 Å². The molecule has 62 heavy (non-hydrogen) atoms. The van der Waals surface area contributed by atoms with Crippen LogP contribution in [0.25, 0.3) is 43.8 Å². The Hall–Kier alpha value is -2.22. The molecule has 0 amide bonds. The van der Waals surface area contributed by atoms with Crippen molar-refractivity contribution in [3.63, 3.8) is 0 Å². The number of halogens is 2. The molecule has 0 saturated heterocycles. The van der Waals surface area contributed by atoms with Crippen LogP contribution < -0.4 is 0 Å². The molecule has 0 fully saturated rings. The van der Waals surface area contributed by atoms with Crippen molar-refractivity contribution in [3.8, 4) is 22.3 Å². The number of benzene rings is 4. The summed E-state index contributed by atoms with van der Waals surface area (Å²) in [5.74, 6) is 0. The van der Waals surface area contributed by atoms with Crippen LogP contribution in [0.4, 0.5) is 0 Å². The molecular weight excluding hydrogens is 887 g/mol. The fourth-order valence-electron chi connectivity index (χ4n) is 8.10. The summed E-state index contributed by atoms with van der Waals surface area (Å²) in [6, 6.07) is 33.6. The van der Waals surface area contributed by atoms with Crippen LogP contribution in [0.5, 0.6) is 0 Å². The van der Waals surface area contributed by atoms with Crippen molar-refractivity contribution in [1.82, 2.24) is 0 Å². The van der Waals surface area contributed by atoms with Gasteiger partial charge in [0.15, 0.2) is 0 Å². The van der Waals surface area contributed by atoms with Gasteiger partial charge in [0.05, 0.1) is 0 Å². The second-order valence-corrected chi connectivity index (χ2v) is 26.0. The van der Waals surface area contributed by atoms with Crippen molar-refractivity contribution in [3.05, 3.63) is 129 Å². The Kier molecular flexibility index (Phi) is 20.3. The Morgan fingerprint density at radius 1 is 0.468 bits per heavy atom. The van der Waals surface area contributed by atoms with Crippen molar-refractivity contribution in [1.29, 1.82) is 0 Å². The van der Waals surface area contributed by atoms with Gasteiger partial charge in [0.2, 0.25) is 0 Å². The Morgan fingerprint density at radius 3 is 0.968 bits per heavy atom. The number of aryl methyl sites for hydroxylation is 4. The first kappa shape index (κ1) is 54.1. The van der Waals surface area contributed by atoms with Gasteiger partial charge in [-0.1, -0.05) is 195 Å². The predicted molar refractivity (Wildman–Crippen MR) is 281 cm³/mol. The van der Waals surface area contributed by atoms with Gasteiger partial charge in [0, 0.05) is 9.52 Å². The van der Waals surface area contributed by atoms with Crippen molar-refractivity contribution in [2.45, 2.75) is 184 Å². The minimum absolute atomic E-state index is 0.134. The molecule has 334 valence electrons. The van der Waals surface area contributed by atoms with Crippen LogP contribution in [0, 0.1) is 0 Å². The van der Waals surface area contributed by atoms with E-state index in [0.29, 0.717) is 0 Å². The summed E-state index contributed by atoms with van der Waals surface area (Å²) < 4.78 is 0. The molecule has 0 nitrogen and oxygen atoms in total. The maximum absolute atomic E-state index is 4.93. The van der Waals surface area contributed by atoms with E-state index >= 15 is 0 Å². The van der Waals surface area contributed by atoms with Crippen LogP contribution in [0.1, 0.15) is 168 Å². The quantitative estimate of drug-likeness (QED) is 0.105. The van der Waals surface area contributed by atoms with Gasteiger partial charge in [-0.15, -0.1) is 69.1 Å². The van der Waals surface area contributed by atoms with E-state index in [1.807, 2.05) is 0 Å². The normalized spacial score (nSPS) is 11.9. The second-order valence-electron chi connectivity index (χ2n) is 21.3. The third kappa shape index (κ3) is 14.4. The molecule has 6 aromatic carbocycles. The van der Waals surface area contributed by atoms with Crippen molar-refractivity contribution < 1.29 is 20.8 Å². The fourth-order valence-corrected chi connectivity index (χ4v) is 8.10. The monoisotopic (exact) mass is 964 g/mol. The molecule has 0 aliphatic rings. The first-order valence-electron chi connectivity index (χ1n) is 23.2. The number of fused-ring (bicyclic) bond motifs is 2. The minimum atomic E-state index is -0.826. The van der Waals surface area contributed by atoms with E-state index in [0.717, 1.165) is 35.2 Å². The van der Waals surface area contributed by atoms with Crippen LogP contribution in [-0.4, -0.2) is 9.52 Å². The zero-order valence-electron chi connectivity index (χ0n) is 42.1. The summed E-state index contributed by atoms with van der Waals surface area (Å²) in [5.41, 5.74) is 17.8. The van der Waals surface area contributed by atoms with Crippen LogP contribution >= 0.6 is 17.0 Å². The first-order valence-corrected chi connectivity index (χ1v) is 31.5. The topological polar surface area (TPSA) is 0 Å². The Morgan fingerprint density at radius 2 is 0.742 bits per heavy atom. The summed E-state index contributed by atoms with van der Waals surface area (Å²) in [6.07, 6.45) is 6.78. The number of rotatable bonds is 8. The van der Waals surface area contributed by atoms with E-state index in [2.05, 4.69) is 209 Å². The average Bonchev–Trinajstić information content (AvgIpc) is 3.81. The van der Waals surface area contributed by atoms with Gasteiger partial charge >= 0.3 is 37.9 Å². The third-order valence-electron chi connectivity index (χ3n) is 11.8. The van der Waals surface area contributed by atoms with E-state index in [4.69, 9.17) is 17.0 Å². The summed E-state index contributed by atoms with van der Waals surface area (Å²) in [6.45, 7) is 41.2. The molecule has 0 aliphatic heterocycles. The molecule has 6 rings (SSSR count). The molecular formula is C58H80Cl2SiZr. The van der Waals surface area contributed by atoms with E-state index < -0.39 is 20.8 Å². The van der Waals surface area contributed by atoms with Crippen molar-refractivity contribution in [2.75, 3.05) is 0 Å². The molecule has 0 atom stereocenters. The summed E-state index contributed by atoms with van der Waals surface area (Å²) in [7, 11) is 11.0. The standard InChI is InChI=1S/2C28H37.C2H6Si.2ClH.Zr/c2*1-9-11-20-12-13-21-14-19(10-2)15-25(21)26(20)22-16-23(27(3,4)5)18-24(17-22)28(6,7)8;1-3-2;;;/h2*12-18H,9-11H2,1-8H3;1-2H3;2*1H;/q2*-1;;;;+4/p-2. The van der Waals surface area contributed by atoms with Gasteiger partial charge in [0.25, 0.3) is 0 Å². The average molecular weight is 967 g/mol. The van der Waals surface area contributed by atoms with E-state index in [-0.39, 0.29) is 21.7 Å². The van der Waals surface area contributed by atoms with Gasteiger partial charge in [0.1, 0.15) is 0 Å². The van der Waals surface area contributed by atoms with Gasteiger partial charge < -0.3 is 0 Å². The van der Waals surface area contributed by atoms with Gasteiger partial charge in [-0.2, -0.15) is 12.1 Å². The molecule has 0 unspecified atom stereocenters. The SMILES string of the molecule is CCCc1ccc2[cH-]c(CC)cc2c1-c1cc(C(C)(C)C)cc(C(C)(C)C)c1.CCCc1ccc2[cH-]c(CC)cc2c1-c1cc(C(C)(C)C)cc(C(C)(C)C)c1.C[Si]C.[Cl][Zr+2][Cl]. The fraction of sp³-hybridized carbons (Fsp3) is 0.483. The van der Waals surface area contributed by atoms with Crippen LogP contribution in [0.3, 0.4) is 0 Å². The third-order valence-corrected chi connectivity index (χ3v) is 11.8. The summed E-state index contributed by atoms with van der Waals surface area (Å²) in [4.78, 5) is 0. The molecule has 2 radical (unpaired) electrons. The van der Waals surface area contributed by atoms with Gasteiger partial charge in [-0.25, -0.2) is 0 Å². The summed E-state index contributed by atoms with van der Waals surface area (Å²) >= 11 is -0.826.